The first kappa shape index (κ1) is 12.6. The lowest BCUT2D eigenvalue weighted by Gasteiger charge is -2.35. The summed E-state index contributed by atoms with van der Waals surface area (Å²) in [6, 6.07) is 0. The third-order valence-electron chi connectivity index (χ3n) is 3.53. The van der Waals surface area contributed by atoms with Crippen LogP contribution >= 0.6 is 11.6 Å². The zero-order valence-corrected chi connectivity index (χ0v) is 10.6. The van der Waals surface area contributed by atoms with Gasteiger partial charge in [0.25, 0.3) is 0 Å². The molecule has 5 heteroatoms. The number of anilines is 1. The van der Waals surface area contributed by atoms with Crippen molar-refractivity contribution < 1.29 is 5.11 Å². The van der Waals surface area contributed by atoms with Crippen LogP contribution in [0.3, 0.4) is 0 Å². The Bertz CT molecular complexity index is 367. The minimum absolute atomic E-state index is 0.0148. The summed E-state index contributed by atoms with van der Waals surface area (Å²) in [6.45, 7) is 0.930. The van der Waals surface area contributed by atoms with Crippen molar-refractivity contribution >= 4 is 17.4 Å². The third kappa shape index (κ3) is 3.07. The number of rotatable bonds is 4. The van der Waals surface area contributed by atoms with Crippen LogP contribution in [0.25, 0.3) is 0 Å². The highest BCUT2D eigenvalue weighted by molar-refractivity contribution is 6.31. The minimum Gasteiger partial charge on any atom is -0.396 e. The van der Waals surface area contributed by atoms with E-state index < -0.39 is 0 Å². The molecule has 0 amide bonds. The van der Waals surface area contributed by atoms with Gasteiger partial charge >= 0.3 is 0 Å². The van der Waals surface area contributed by atoms with E-state index in [0.29, 0.717) is 17.5 Å². The van der Waals surface area contributed by atoms with Crippen molar-refractivity contribution in [1.82, 2.24) is 9.97 Å². The first-order chi connectivity index (χ1) is 8.26. The molecule has 0 saturated heterocycles. The van der Waals surface area contributed by atoms with Gasteiger partial charge in [0.05, 0.1) is 6.61 Å². The Morgan fingerprint density at radius 1 is 1.24 bits per heavy atom. The molecule has 1 aliphatic rings. The third-order valence-corrected chi connectivity index (χ3v) is 3.81. The van der Waals surface area contributed by atoms with Gasteiger partial charge in [-0.2, -0.15) is 0 Å². The molecule has 4 nitrogen and oxygen atoms in total. The maximum Gasteiger partial charge on any atom is 0.171 e. The van der Waals surface area contributed by atoms with E-state index in [1.807, 2.05) is 0 Å². The van der Waals surface area contributed by atoms with Crippen LogP contribution in [0, 0.1) is 5.41 Å². The smallest absolute Gasteiger partial charge is 0.171 e. The average molecular weight is 256 g/mol. The van der Waals surface area contributed by atoms with E-state index in [1.54, 1.807) is 12.4 Å². The number of hydrogen-bond donors (Lipinski definition) is 2. The summed E-state index contributed by atoms with van der Waals surface area (Å²) in [7, 11) is 0. The second-order valence-corrected chi connectivity index (χ2v) is 5.13. The summed E-state index contributed by atoms with van der Waals surface area (Å²) in [5.74, 6) is 0.604. The van der Waals surface area contributed by atoms with Crippen molar-refractivity contribution in [2.24, 2.45) is 5.41 Å². The van der Waals surface area contributed by atoms with E-state index in [4.69, 9.17) is 11.6 Å². The monoisotopic (exact) mass is 255 g/mol. The van der Waals surface area contributed by atoms with Crippen molar-refractivity contribution in [3.8, 4) is 0 Å². The summed E-state index contributed by atoms with van der Waals surface area (Å²) < 4.78 is 0. The van der Waals surface area contributed by atoms with Gasteiger partial charge in [-0.25, -0.2) is 9.97 Å². The SMILES string of the molecule is OCC1(CNc2nccnc2Cl)CCCCC1. The van der Waals surface area contributed by atoms with Gasteiger partial charge in [0.2, 0.25) is 0 Å². The lowest BCUT2D eigenvalue weighted by molar-refractivity contribution is 0.0943. The Kier molecular flexibility index (Phi) is 4.18. The highest BCUT2D eigenvalue weighted by Crippen LogP contribution is 2.36. The van der Waals surface area contributed by atoms with Crippen molar-refractivity contribution in [2.75, 3.05) is 18.5 Å². The van der Waals surface area contributed by atoms with E-state index in [2.05, 4.69) is 15.3 Å². The Labute approximate surface area is 106 Å². The molecule has 0 aliphatic heterocycles. The Morgan fingerprint density at radius 2 is 1.94 bits per heavy atom. The van der Waals surface area contributed by atoms with Gasteiger partial charge in [-0.3, -0.25) is 0 Å². The van der Waals surface area contributed by atoms with Crippen LogP contribution in [-0.4, -0.2) is 28.2 Å². The zero-order chi connectivity index (χ0) is 12.1. The Hall–Kier alpha value is -0.870. The molecule has 1 fully saturated rings. The van der Waals surface area contributed by atoms with Gasteiger partial charge in [-0.1, -0.05) is 30.9 Å². The van der Waals surface area contributed by atoms with Crippen LogP contribution < -0.4 is 5.32 Å². The van der Waals surface area contributed by atoms with Gasteiger partial charge in [-0.05, 0) is 12.8 Å². The molecule has 0 atom stereocenters. The molecule has 0 unspecified atom stereocenters. The maximum absolute atomic E-state index is 9.58. The number of aromatic nitrogens is 2. The summed E-state index contributed by atoms with van der Waals surface area (Å²) in [4.78, 5) is 8.11. The van der Waals surface area contributed by atoms with Crippen LogP contribution in [0.2, 0.25) is 5.15 Å². The van der Waals surface area contributed by atoms with E-state index in [1.165, 1.54) is 19.3 Å². The molecule has 0 aromatic carbocycles. The molecule has 1 heterocycles. The predicted molar refractivity (Wildman–Crippen MR) is 68.1 cm³/mol. The molecule has 1 saturated carbocycles. The van der Waals surface area contributed by atoms with Crippen LogP contribution in [0.15, 0.2) is 12.4 Å². The standard InChI is InChI=1S/C12H18ClN3O/c13-10-11(15-7-6-14-10)16-8-12(9-17)4-2-1-3-5-12/h6-7,17H,1-5,8-9H2,(H,15,16). The second kappa shape index (κ2) is 5.65. The van der Waals surface area contributed by atoms with Crippen molar-refractivity contribution in [2.45, 2.75) is 32.1 Å². The number of hydrogen-bond acceptors (Lipinski definition) is 4. The molecule has 2 N–H and O–H groups in total. The van der Waals surface area contributed by atoms with Crippen molar-refractivity contribution in [1.29, 1.82) is 0 Å². The molecule has 2 rings (SSSR count). The molecule has 0 spiro atoms. The van der Waals surface area contributed by atoms with Crippen molar-refractivity contribution in [3.05, 3.63) is 17.5 Å². The highest BCUT2D eigenvalue weighted by atomic mass is 35.5. The number of nitrogens with zero attached hydrogens (tertiary/aromatic N) is 2. The number of aliphatic hydroxyl groups is 1. The van der Waals surface area contributed by atoms with Crippen LogP contribution in [-0.2, 0) is 0 Å². The molecule has 0 radical (unpaired) electrons. The molecular formula is C12H18ClN3O. The van der Waals surface area contributed by atoms with Gasteiger partial charge in [0, 0.05) is 24.4 Å². The summed E-state index contributed by atoms with van der Waals surface area (Å²) >= 11 is 5.93. The maximum atomic E-state index is 9.58. The van der Waals surface area contributed by atoms with Gasteiger partial charge in [-0.15, -0.1) is 0 Å². The lowest BCUT2D eigenvalue weighted by Crippen LogP contribution is -2.35. The average Bonchev–Trinajstić information content (AvgIpc) is 2.39. The van der Waals surface area contributed by atoms with Gasteiger partial charge in [0.15, 0.2) is 11.0 Å². The number of nitrogens with one attached hydrogen (secondary N) is 1. The molecule has 94 valence electrons. The molecular weight excluding hydrogens is 238 g/mol. The quantitative estimate of drug-likeness (QED) is 0.868. The zero-order valence-electron chi connectivity index (χ0n) is 9.82. The van der Waals surface area contributed by atoms with E-state index >= 15 is 0 Å². The molecule has 1 aromatic heterocycles. The minimum atomic E-state index is -0.0148. The van der Waals surface area contributed by atoms with Crippen LogP contribution in [0.5, 0.6) is 0 Å². The van der Waals surface area contributed by atoms with Crippen LogP contribution in [0.4, 0.5) is 5.82 Å². The first-order valence-corrected chi connectivity index (χ1v) is 6.45. The predicted octanol–water partition coefficient (Wildman–Crippen LogP) is 2.48. The normalized spacial score (nSPS) is 18.9. The molecule has 17 heavy (non-hydrogen) atoms. The summed E-state index contributed by atoms with van der Waals surface area (Å²) in [5, 5.41) is 13.2. The van der Waals surface area contributed by atoms with Gasteiger partial charge < -0.3 is 10.4 Å². The fourth-order valence-corrected chi connectivity index (χ4v) is 2.58. The van der Waals surface area contributed by atoms with E-state index in [9.17, 15) is 5.11 Å². The van der Waals surface area contributed by atoms with Gasteiger partial charge in [0.1, 0.15) is 0 Å². The summed E-state index contributed by atoms with van der Waals surface area (Å²) in [5.41, 5.74) is -0.0148. The number of halogens is 1. The molecule has 1 aliphatic carbocycles. The summed E-state index contributed by atoms with van der Waals surface area (Å²) in [6.07, 6.45) is 8.96. The second-order valence-electron chi connectivity index (χ2n) is 4.77. The lowest BCUT2D eigenvalue weighted by atomic mass is 9.74. The topological polar surface area (TPSA) is 58.0 Å². The Balaban J connectivity index is 1.98. The largest absolute Gasteiger partial charge is 0.396 e. The number of aliphatic hydroxyl groups excluding tert-OH is 1. The highest BCUT2D eigenvalue weighted by Gasteiger charge is 2.31. The molecule has 1 aromatic rings. The Morgan fingerprint density at radius 3 is 2.59 bits per heavy atom. The van der Waals surface area contributed by atoms with Crippen LogP contribution in [0.1, 0.15) is 32.1 Å². The fraction of sp³-hybridized carbons (Fsp3) is 0.667. The molecule has 0 bridgehead atoms. The van der Waals surface area contributed by atoms with E-state index in [0.717, 1.165) is 12.8 Å². The van der Waals surface area contributed by atoms with Crippen molar-refractivity contribution in [3.63, 3.8) is 0 Å². The first-order valence-electron chi connectivity index (χ1n) is 6.07. The fourth-order valence-electron chi connectivity index (χ4n) is 2.40. The van der Waals surface area contributed by atoms with E-state index in [-0.39, 0.29) is 12.0 Å².